The highest BCUT2D eigenvalue weighted by molar-refractivity contribution is 5.59. The van der Waals surface area contributed by atoms with Crippen LogP contribution >= 0.6 is 0 Å². The van der Waals surface area contributed by atoms with Crippen molar-refractivity contribution in [2.75, 3.05) is 26.9 Å². The molecule has 0 radical (unpaired) electrons. The summed E-state index contributed by atoms with van der Waals surface area (Å²) in [6, 6.07) is 0. The van der Waals surface area contributed by atoms with E-state index in [1.807, 2.05) is 39.7 Å². The van der Waals surface area contributed by atoms with Crippen LogP contribution in [0, 0.1) is 0 Å². The fraction of sp³-hybridized carbons (Fsp3) is 0.700. The summed E-state index contributed by atoms with van der Waals surface area (Å²) in [6.07, 6.45) is 0. The van der Waals surface area contributed by atoms with E-state index in [1.165, 1.54) is 0 Å². The zero-order chi connectivity index (χ0) is 11.8. The van der Waals surface area contributed by atoms with Gasteiger partial charge in [-0.15, -0.1) is 0 Å². The van der Waals surface area contributed by atoms with Crippen LogP contribution in [-0.2, 0) is 13.1 Å². The van der Waals surface area contributed by atoms with Crippen LogP contribution in [0.4, 0.5) is 11.5 Å². The molecule has 0 atom stereocenters. The van der Waals surface area contributed by atoms with Gasteiger partial charge < -0.3 is 5.73 Å². The first kappa shape index (κ1) is 11.8. The highest BCUT2D eigenvalue weighted by atomic mass is 16.1. The number of nitrogens with two attached hydrogens (primary N) is 1. The first-order valence-electron chi connectivity index (χ1n) is 5.25. The van der Waals surface area contributed by atoms with Crippen molar-refractivity contribution in [3.8, 4) is 0 Å². The highest BCUT2D eigenvalue weighted by Crippen LogP contribution is 2.22. The lowest BCUT2D eigenvalue weighted by Crippen LogP contribution is -2.38. The molecule has 2 N–H and O–H groups in total. The molecule has 0 saturated carbocycles. The van der Waals surface area contributed by atoms with Crippen molar-refractivity contribution >= 4 is 11.5 Å². The second-order valence-electron chi connectivity index (χ2n) is 4.49. The molecule has 5 heteroatoms. The molecule has 0 bridgehead atoms. The molecule has 5 nitrogen and oxygen atoms in total. The quantitative estimate of drug-likeness (QED) is 0.742. The van der Waals surface area contributed by atoms with Crippen molar-refractivity contribution in [3.05, 3.63) is 10.4 Å². The van der Waals surface area contributed by atoms with Crippen molar-refractivity contribution in [1.82, 2.24) is 13.8 Å². The molecule has 0 aromatic carbocycles. The van der Waals surface area contributed by atoms with E-state index in [1.54, 1.807) is 4.68 Å². The molecule has 0 spiro atoms. The fourth-order valence-corrected chi connectivity index (χ4v) is 1.94. The van der Waals surface area contributed by atoms with E-state index >= 15 is 0 Å². The fourth-order valence-electron chi connectivity index (χ4n) is 1.94. The van der Waals surface area contributed by atoms with E-state index in [0.717, 1.165) is 12.4 Å². The average molecular weight is 213 g/mol. The van der Waals surface area contributed by atoms with Crippen molar-refractivity contribution < 1.29 is 0 Å². The summed E-state index contributed by atoms with van der Waals surface area (Å²) >= 11 is 0. The van der Waals surface area contributed by atoms with Gasteiger partial charge >= 0.3 is 0 Å². The van der Waals surface area contributed by atoms with Crippen molar-refractivity contribution in [3.63, 3.8) is 0 Å². The van der Waals surface area contributed by atoms with E-state index in [-0.39, 0.29) is 5.56 Å². The summed E-state index contributed by atoms with van der Waals surface area (Å²) in [7, 11) is 6.03. The molecule has 1 heterocycles. The third-order valence-electron chi connectivity index (χ3n) is 2.48. The van der Waals surface area contributed by atoms with Crippen LogP contribution in [0.15, 0.2) is 4.79 Å². The van der Waals surface area contributed by atoms with Gasteiger partial charge in [0.15, 0.2) is 5.69 Å². The summed E-state index contributed by atoms with van der Waals surface area (Å²) in [5.41, 5.74) is 6.16. The number of hydrogen-bond acceptors (Lipinski definition) is 2. The smallest absolute Gasteiger partial charge is 0.296 e. The van der Waals surface area contributed by atoms with Crippen molar-refractivity contribution in [2.24, 2.45) is 0 Å². The molecule has 0 unspecified atom stereocenters. The molecule has 0 saturated heterocycles. The number of hydrogen-bond donors (Lipinski definition) is 1. The number of quaternary nitrogens is 1. The Morgan fingerprint density at radius 3 is 1.93 bits per heavy atom. The highest BCUT2D eigenvalue weighted by Gasteiger charge is 2.27. The Bertz CT molecular complexity index is 408. The Kier molecular flexibility index (Phi) is 2.95. The lowest BCUT2D eigenvalue weighted by Gasteiger charge is -2.25. The molecule has 1 rings (SSSR count). The maximum atomic E-state index is 11.9. The molecule has 0 aliphatic rings. The number of nitrogens with zero attached hydrogens (tertiary/aromatic N) is 3. The van der Waals surface area contributed by atoms with Crippen LogP contribution in [0.2, 0.25) is 0 Å². The van der Waals surface area contributed by atoms with Gasteiger partial charge in [-0.25, -0.2) is 9.36 Å². The van der Waals surface area contributed by atoms with Gasteiger partial charge in [0.25, 0.3) is 11.4 Å². The van der Waals surface area contributed by atoms with Crippen LogP contribution in [0.3, 0.4) is 0 Å². The van der Waals surface area contributed by atoms with Gasteiger partial charge in [0.2, 0.25) is 0 Å². The van der Waals surface area contributed by atoms with Gasteiger partial charge in [-0.2, -0.15) is 0 Å². The Morgan fingerprint density at radius 1 is 1.13 bits per heavy atom. The molecule has 86 valence electrons. The monoisotopic (exact) mass is 213 g/mol. The van der Waals surface area contributed by atoms with Gasteiger partial charge in [0, 0.05) is 13.1 Å². The summed E-state index contributed by atoms with van der Waals surface area (Å²) in [5.74, 6) is 0.879. The zero-order valence-corrected chi connectivity index (χ0v) is 10.2. The van der Waals surface area contributed by atoms with Crippen molar-refractivity contribution in [1.29, 1.82) is 0 Å². The number of aromatic nitrogens is 2. The van der Waals surface area contributed by atoms with E-state index < -0.39 is 0 Å². The van der Waals surface area contributed by atoms with Gasteiger partial charge in [-0.1, -0.05) is 0 Å². The average Bonchev–Trinajstić information content (AvgIpc) is 2.38. The second-order valence-corrected chi connectivity index (χ2v) is 4.49. The molecule has 0 aliphatic carbocycles. The molecular formula is C10H21N4O+. The summed E-state index contributed by atoms with van der Waals surface area (Å²) in [4.78, 5) is 11.9. The van der Waals surface area contributed by atoms with E-state index in [2.05, 4.69) is 0 Å². The van der Waals surface area contributed by atoms with Crippen LogP contribution in [0.1, 0.15) is 13.8 Å². The molecule has 1 aromatic heterocycles. The molecule has 15 heavy (non-hydrogen) atoms. The minimum Gasteiger partial charge on any atom is -0.388 e. The van der Waals surface area contributed by atoms with Gasteiger partial charge in [-0.3, -0.25) is 9.28 Å². The second kappa shape index (κ2) is 3.73. The van der Waals surface area contributed by atoms with Crippen LogP contribution in [0.5, 0.6) is 0 Å². The molecule has 0 amide bonds. The maximum absolute atomic E-state index is 11.9. The zero-order valence-electron chi connectivity index (χ0n) is 10.2. The normalized spacial score (nSPS) is 12.1. The standard InChI is InChI=1S/C10H21N4O/c1-6-12-9(14(3,4)5)8(11)10(15)13(12)7-2/h6-7,11H2,1-5H3/q+1. The van der Waals surface area contributed by atoms with Crippen LogP contribution in [-0.4, -0.2) is 30.5 Å². The van der Waals surface area contributed by atoms with Gasteiger partial charge in [-0.05, 0) is 13.8 Å². The van der Waals surface area contributed by atoms with E-state index in [9.17, 15) is 4.79 Å². The third-order valence-corrected chi connectivity index (χ3v) is 2.48. The van der Waals surface area contributed by atoms with Gasteiger partial charge in [0.05, 0.1) is 21.1 Å². The predicted molar refractivity (Wildman–Crippen MR) is 64.0 cm³/mol. The van der Waals surface area contributed by atoms with Gasteiger partial charge in [0.1, 0.15) is 0 Å². The SMILES string of the molecule is CCn1c([N+](C)(C)C)c(N)c(=O)n1CC. The summed E-state index contributed by atoms with van der Waals surface area (Å²) in [6.45, 7) is 5.37. The molecule has 0 aliphatic heterocycles. The molecule has 0 fully saturated rings. The Hall–Kier alpha value is -1.23. The third kappa shape index (κ3) is 1.79. The van der Waals surface area contributed by atoms with Crippen LogP contribution < -0.4 is 15.8 Å². The largest absolute Gasteiger partial charge is 0.388 e. The summed E-state index contributed by atoms with van der Waals surface area (Å²) < 4.78 is 4.20. The predicted octanol–water partition coefficient (Wildman–Crippen LogP) is 0.468. The lowest BCUT2D eigenvalue weighted by atomic mass is 10.4. The van der Waals surface area contributed by atoms with E-state index in [0.29, 0.717) is 16.7 Å². The first-order valence-corrected chi connectivity index (χ1v) is 5.25. The Balaban J connectivity index is 3.58. The Morgan fingerprint density at radius 2 is 1.60 bits per heavy atom. The van der Waals surface area contributed by atoms with Crippen molar-refractivity contribution in [2.45, 2.75) is 26.9 Å². The molecular weight excluding hydrogens is 192 g/mol. The van der Waals surface area contributed by atoms with Crippen LogP contribution in [0.25, 0.3) is 0 Å². The lowest BCUT2D eigenvalue weighted by molar-refractivity contribution is 0.400. The first-order chi connectivity index (χ1) is 6.84. The summed E-state index contributed by atoms with van der Waals surface area (Å²) in [5, 5.41) is 0. The number of anilines is 1. The van der Waals surface area contributed by atoms with E-state index in [4.69, 9.17) is 5.73 Å². The Labute approximate surface area is 90.3 Å². The topological polar surface area (TPSA) is 52.9 Å². The minimum absolute atomic E-state index is 0.0811. The number of nitrogen functional groups attached to an aromatic ring is 1. The maximum Gasteiger partial charge on any atom is 0.296 e. The minimum atomic E-state index is -0.0811. The molecule has 1 aromatic rings. The number of rotatable bonds is 3.